The number of pyridine rings is 1. The first-order valence-corrected chi connectivity index (χ1v) is 9.04. The molecule has 0 saturated carbocycles. The van der Waals surface area contributed by atoms with Gasteiger partial charge in [0.1, 0.15) is 5.84 Å². The number of rotatable bonds is 5. The van der Waals surface area contributed by atoms with E-state index in [1.165, 1.54) is 21.9 Å². The summed E-state index contributed by atoms with van der Waals surface area (Å²) in [5.41, 5.74) is 3.65. The number of aryl methyl sites for hydroxylation is 1. The van der Waals surface area contributed by atoms with Crippen LogP contribution in [0.25, 0.3) is 10.8 Å². The lowest BCUT2D eigenvalue weighted by Crippen LogP contribution is -2.08. The number of hydrogen-bond acceptors (Lipinski definition) is 2. The minimum atomic E-state index is 0.841. The summed E-state index contributed by atoms with van der Waals surface area (Å²) >= 11 is 3.64. The lowest BCUT2D eigenvalue weighted by molar-refractivity contribution is 0.744. The molecule has 24 heavy (non-hydrogen) atoms. The molecule has 0 saturated heterocycles. The minimum Gasteiger partial charge on any atom is -0.339 e. The highest BCUT2D eigenvalue weighted by Crippen LogP contribution is 2.37. The molecule has 0 spiro atoms. The fraction of sp³-hybridized carbons (Fsp3) is 0.200. The van der Waals surface area contributed by atoms with Gasteiger partial charge in [-0.15, -0.1) is 0 Å². The van der Waals surface area contributed by atoms with Crippen LogP contribution < -0.4 is 5.32 Å². The monoisotopic (exact) mass is 379 g/mol. The fourth-order valence-corrected chi connectivity index (χ4v) is 3.63. The van der Waals surface area contributed by atoms with Crippen LogP contribution in [0, 0.1) is 0 Å². The van der Waals surface area contributed by atoms with Gasteiger partial charge in [-0.25, -0.2) is 0 Å². The van der Waals surface area contributed by atoms with E-state index in [1.54, 1.807) is 0 Å². The van der Waals surface area contributed by atoms with Gasteiger partial charge in [0.2, 0.25) is 0 Å². The molecule has 0 unspecified atom stereocenters. The molecular weight excluding hydrogens is 362 g/mol. The molecular formula is C20H18BrN3. The van der Waals surface area contributed by atoms with Crippen LogP contribution in [0.15, 0.2) is 64.3 Å². The van der Waals surface area contributed by atoms with Crippen LogP contribution >= 0.6 is 15.9 Å². The van der Waals surface area contributed by atoms with Gasteiger partial charge in [0.25, 0.3) is 0 Å². The van der Waals surface area contributed by atoms with E-state index in [9.17, 15) is 0 Å². The van der Waals surface area contributed by atoms with Crippen molar-refractivity contribution in [1.82, 2.24) is 4.98 Å². The number of unbranched alkanes of at least 4 members (excludes halogenated alkanes) is 1. The number of hydrogen-bond donors (Lipinski definition) is 1. The van der Waals surface area contributed by atoms with Crippen LogP contribution in [0.4, 0.5) is 5.69 Å². The molecule has 2 heterocycles. The SMILES string of the molecule is Brc1ccc2c3c(cccc13)C(=NCCCCc1cccnc1)N2. The fourth-order valence-electron chi connectivity index (χ4n) is 3.17. The summed E-state index contributed by atoms with van der Waals surface area (Å²) in [5, 5.41) is 5.96. The second-order valence-electron chi connectivity index (χ2n) is 6.00. The third-order valence-electron chi connectivity index (χ3n) is 4.36. The van der Waals surface area contributed by atoms with Crippen LogP contribution in [-0.2, 0) is 6.42 Å². The number of amidine groups is 1. The predicted molar refractivity (Wildman–Crippen MR) is 104 cm³/mol. The maximum Gasteiger partial charge on any atom is 0.133 e. The Bertz CT molecular complexity index is 903. The summed E-state index contributed by atoms with van der Waals surface area (Å²) in [6.07, 6.45) is 7.04. The molecule has 1 N–H and O–H groups in total. The van der Waals surface area contributed by atoms with Gasteiger partial charge in [-0.05, 0) is 48.4 Å². The summed E-state index contributed by atoms with van der Waals surface area (Å²) in [6, 6.07) is 14.7. The topological polar surface area (TPSA) is 37.3 Å². The van der Waals surface area contributed by atoms with Crippen molar-refractivity contribution >= 4 is 38.2 Å². The first-order valence-electron chi connectivity index (χ1n) is 8.25. The maximum absolute atomic E-state index is 4.80. The molecule has 3 nitrogen and oxygen atoms in total. The molecule has 1 aliphatic heterocycles. The zero-order valence-corrected chi connectivity index (χ0v) is 14.9. The Morgan fingerprint density at radius 3 is 2.88 bits per heavy atom. The summed E-state index contributed by atoms with van der Waals surface area (Å²) < 4.78 is 1.13. The normalized spacial score (nSPS) is 14.3. The van der Waals surface area contributed by atoms with Crippen molar-refractivity contribution in [2.45, 2.75) is 19.3 Å². The largest absolute Gasteiger partial charge is 0.339 e. The van der Waals surface area contributed by atoms with Gasteiger partial charge in [0.05, 0.1) is 0 Å². The van der Waals surface area contributed by atoms with Gasteiger partial charge >= 0.3 is 0 Å². The molecule has 1 aliphatic rings. The molecule has 0 amide bonds. The zero-order chi connectivity index (χ0) is 16.4. The van der Waals surface area contributed by atoms with E-state index in [0.29, 0.717) is 0 Å². The lowest BCUT2D eigenvalue weighted by atomic mass is 10.1. The Morgan fingerprint density at radius 2 is 2.00 bits per heavy atom. The van der Waals surface area contributed by atoms with E-state index in [2.05, 4.69) is 62.6 Å². The maximum atomic E-state index is 4.80. The highest BCUT2D eigenvalue weighted by Gasteiger charge is 2.20. The number of nitrogens with one attached hydrogen (secondary N) is 1. The van der Waals surface area contributed by atoms with Crippen molar-refractivity contribution in [3.05, 3.63) is 70.5 Å². The molecule has 0 atom stereocenters. The number of aromatic nitrogens is 1. The van der Waals surface area contributed by atoms with E-state index < -0.39 is 0 Å². The number of anilines is 1. The van der Waals surface area contributed by atoms with Crippen molar-refractivity contribution in [1.29, 1.82) is 0 Å². The minimum absolute atomic E-state index is 0.841. The smallest absolute Gasteiger partial charge is 0.133 e. The average molecular weight is 380 g/mol. The Kier molecular flexibility index (Phi) is 4.30. The van der Waals surface area contributed by atoms with E-state index in [-0.39, 0.29) is 0 Å². The highest BCUT2D eigenvalue weighted by molar-refractivity contribution is 9.10. The van der Waals surface area contributed by atoms with Crippen LogP contribution in [0.2, 0.25) is 0 Å². The Hall–Kier alpha value is -2.20. The summed E-state index contributed by atoms with van der Waals surface area (Å²) in [7, 11) is 0. The van der Waals surface area contributed by atoms with E-state index >= 15 is 0 Å². The Balaban J connectivity index is 1.44. The number of halogens is 1. The van der Waals surface area contributed by atoms with Gasteiger partial charge in [-0.2, -0.15) is 0 Å². The van der Waals surface area contributed by atoms with E-state index in [4.69, 9.17) is 4.99 Å². The van der Waals surface area contributed by atoms with Crippen molar-refractivity contribution in [3.63, 3.8) is 0 Å². The molecule has 0 bridgehead atoms. The lowest BCUT2D eigenvalue weighted by Gasteiger charge is -2.02. The van der Waals surface area contributed by atoms with Crippen LogP contribution in [0.3, 0.4) is 0 Å². The second-order valence-corrected chi connectivity index (χ2v) is 6.85. The highest BCUT2D eigenvalue weighted by atomic mass is 79.9. The molecule has 4 rings (SSSR count). The van der Waals surface area contributed by atoms with Crippen molar-refractivity contribution in [3.8, 4) is 0 Å². The Labute approximate surface area is 150 Å². The molecule has 2 aromatic carbocycles. The standard InChI is InChI=1S/C20H18BrN3/c21-17-9-10-18-19-15(17)7-3-8-16(19)20(24-18)23-12-2-1-5-14-6-4-11-22-13-14/h3-4,6-11,13H,1-2,5,12H2,(H,23,24). The van der Waals surface area contributed by atoms with E-state index in [0.717, 1.165) is 41.8 Å². The molecule has 1 aromatic heterocycles. The van der Waals surface area contributed by atoms with Crippen molar-refractivity contribution in [2.24, 2.45) is 4.99 Å². The molecule has 4 heteroatoms. The third kappa shape index (κ3) is 2.94. The first kappa shape index (κ1) is 15.3. The predicted octanol–water partition coefficient (Wildman–Crippen LogP) is 5.19. The van der Waals surface area contributed by atoms with Crippen molar-refractivity contribution in [2.75, 3.05) is 11.9 Å². The third-order valence-corrected chi connectivity index (χ3v) is 5.05. The Morgan fingerprint density at radius 1 is 1.04 bits per heavy atom. The van der Waals surface area contributed by atoms with Gasteiger partial charge in [0, 0.05) is 40.0 Å². The van der Waals surface area contributed by atoms with Gasteiger partial charge < -0.3 is 5.32 Å². The molecule has 0 fully saturated rings. The zero-order valence-electron chi connectivity index (χ0n) is 13.3. The van der Waals surface area contributed by atoms with Crippen LogP contribution in [0.1, 0.15) is 24.0 Å². The molecule has 120 valence electrons. The van der Waals surface area contributed by atoms with Crippen LogP contribution in [-0.4, -0.2) is 17.4 Å². The molecule has 3 aromatic rings. The van der Waals surface area contributed by atoms with E-state index in [1.807, 2.05) is 18.5 Å². The number of nitrogens with zero attached hydrogens (tertiary/aromatic N) is 2. The summed E-state index contributed by atoms with van der Waals surface area (Å²) in [5.74, 6) is 0.995. The quantitative estimate of drug-likeness (QED) is 0.619. The molecule has 0 aliphatic carbocycles. The number of benzene rings is 2. The molecule has 0 radical (unpaired) electrons. The first-order chi connectivity index (χ1) is 11.8. The second kappa shape index (κ2) is 6.73. The number of aliphatic imine (C=N–C) groups is 1. The van der Waals surface area contributed by atoms with Gasteiger partial charge in [-0.3, -0.25) is 9.98 Å². The summed E-state index contributed by atoms with van der Waals surface area (Å²) in [6.45, 7) is 0.841. The summed E-state index contributed by atoms with van der Waals surface area (Å²) in [4.78, 5) is 8.96. The van der Waals surface area contributed by atoms with Crippen molar-refractivity contribution < 1.29 is 0 Å². The average Bonchev–Trinajstić information content (AvgIpc) is 2.98. The van der Waals surface area contributed by atoms with Gasteiger partial charge in [-0.1, -0.05) is 40.2 Å². The van der Waals surface area contributed by atoms with Crippen LogP contribution in [0.5, 0.6) is 0 Å². The van der Waals surface area contributed by atoms with Gasteiger partial charge in [0.15, 0.2) is 0 Å².